The van der Waals surface area contributed by atoms with E-state index in [0.717, 1.165) is 34.9 Å². The third-order valence-electron chi connectivity index (χ3n) is 10.5. The van der Waals surface area contributed by atoms with Crippen molar-refractivity contribution in [3.8, 4) is 11.5 Å². The summed E-state index contributed by atoms with van der Waals surface area (Å²) < 4.78 is 8.95. The molecule has 63 heavy (non-hydrogen) atoms. The van der Waals surface area contributed by atoms with E-state index in [9.17, 15) is 74.9 Å². The van der Waals surface area contributed by atoms with Gasteiger partial charge < -0.3 is 91.9 Å². The number of nitrogens with two attached hydrogens (primary N) is 1. The van der Waals surface area contributed by atoms with E-state index in [1.807, 2.05) is 0 Å². The molecule has 14 N–H and O–H groups in total. The van der Waals surface area contributed by atoms with E-state index in [1.165, 1.54) is 6.92 Å². The van der Waals surface area contributed by atoms with Gasteiger partial charge in [0, 0.05) is 32.0 Å². The Hall–Kier alpha value is -3.96. The summed E-state index contributed by atoms with van der Waals surface area (Å²) in [6.45, 7) is 7.56. The van der Waals surface area contributed by atoms with Gasteiger partial charge in [0.1, 0.15) is 42.4 Å². The van der Waals surface area contributed by atoms with Gasteiger partial charge >= 0.3 is 29.6 Å². The predicted molar refractivity (Wildman–Crippen MR) is 203 cm³/mol. The predicted octanol–water partition coefficient (Wildman–Crippen LogP) is -10.6. The van der Waals surface area contributed by atoms with E-state index in [2.05, 4.69) is 35.5 Å². The molecule has 4 rings (SSSR count). The summed E-state index contributed by atoms with van der Waals surface area (Å²) in [5.74, 6) is -9.10. The molecule has 0 aromatic heterocycles. The molecule has 3 fully saturated rings. The first kappa shape index (κ1) is 53.4. The first-order chi connectivity index (χ1) is 29.2. The zero-order chi connectivity index (χ0) is 46.2. The fourth-order valence-electron chi connectivity index (χ4n) is 7.21. The van der Waals surface area contributed by atoms with Gasteiger partial charge in [0.05, 0.1) is 30.5 Å². The molecule has 0 aliphatic carbocycles. The third-order valence-corrected chi connectivity index (χ3v) is 10.9. The molecule has 3 heterocycles. The van der Waals surface area contributed by atoms with Crippen molar-refractivity contribution in [3.05, 3.63) is 35.2 Å². The Morgan fingerprint density at radius 2 is 1.54 bits per heavy atom. The number of benzene rings is 1. The molecule has 1 aromatic carbocycles. The van der Waals surface area contributed by atoms with Crippen LogP contribution in [0.4, 0.5) is 0 Å². The number of aromatic hydroxyl groups is 1. The first-order valence-corrected chi connectivity index (χ1v) is 19.7. The van der Waals surface area contributed by atoms with Crippen LogP contribution in [0.15, 0.2) is 18.2 Å². The number of nitrogens with zero attached hydrogens (tertiary/aromatic N) is 3. The summed E-state index contributed by atoms with van der Waals surface area (Å²) in [5, 5.41) is 109. The molecule has 28 heteroatoms. The number of amides is 6. The summed E-state index contributed by atoms with van der Waals surface area (Å²) in [4.78, 5) is 87.8. The van der Waals surface area contributed by atoms with Crippen LogP contribution in [-0.2, 0) is 38.1 Å². The summed E-state index contributed by atoms with van der Waals surface area (Å²) in [7, 11) is 0. The Labute approximate surface area is 385 Å². The molecule has 7 unspecified atom stereocenters. The summed E-state index contributed by atoms with van der Waals surface area (Å²) in [6, 6.07) is -8.39. The smallest absolute Gasteiger partial charge is 0.691 e. The van der Waals surface area contributed by atoms with Crippen molar-refractivity contribution in [3.63, 3.8) is 0 Å². The van der Waals surface area contributed by atoms with E-state index in [0.29, 0.717) is 0 Å². The second-order valence-corrected chi connectivity index (χ2v) is 15.5. The van der Waals surface area contributed by atoms with Gasteiger partial charge in [-0.3, -0.25) is 33.8 Å². The largest absolute Gasteiger partial charge is 1.00 e. The number of nitrogens with one attached hydrogen (secondary N) is 4. The zero-order valence-electron chi connectivity index (χ0n) is 34.0. The van der Waals surface area contributed by atoms with Crippen molar-refractivity contribution in [1.29, 1.82) is 0 Å². The normalized spacial score (nSPS) is 31.0. The molecule has 3 aliphatic heterocycles. The molecule has 344 valence electrons. The molecule has 3 saturated heterocycles. The Kier molecular flexibility index (Phi) is 20.2. The quantitative estimate of drug-likeness (QED) is 0.0259. The fourth-order valence-corrected chi connectivity index (χ4v) is 7.47. The van der Waals surface area contributed by atoms with Crippen LogP contribution in [0.3, 0.4) is 0 Å². The Bertz CT molecular complexity index is 1850. The Morgan fingerprint density at radius 1 is 0.905 bits per heavy atom. The number of hydrogen-bond donors (Lipinski definition) is 13. The number of rotatable bonds is 10. The van der Waals surface area contributed by atoms with Gasteiger partial charge in [-0.15, -0.1) is 4.33 Å². The summed E-state index contributed by atoms with van der Waals surface area (Å²) >= 11 is -0.0620. The first-order valence-electron chi connectivity index (χ1n) is 19.0. The van der Waals surface area contributed by atoms with Crippen LogP contribution >= 0.6 is 12.3 Å². The monoisotopic (exact) mass is 924 g/mol. The van der Waals surface area contributed by atoms with Gasteiger partial charge in [-0.1, -0.05) is 13.0 Å². The minimum Gasteiger partial charge on any atom is -0.691 e. The number of β-amino-alcohol motifs (C(OH)–C–C–N with tert-alkyl or cyclic N) is 1. The molecule has 3 aliphatic rings. The number of aliphatic hydroxyl groups is 7. The van der Waals surface area contributed by atoms with Crippen LogP contribution < -0.4 is 66.0 Å². The minimum absolute atomic E-state index is 0. The molecule has 0 radical (unpaired) electrons. The molecular formula is C35H49N8NaO18S. The number of hydrogen-bond acceptors (Lipinski definition) is 20. The number of aliphatic hydroxyl groups excluding tert-OH is 7. The zero-order valence-corrected chi connectivity index (χ0v) is 36.9. The second kappa shape index (κ2) is 23.8. The van der Waals surface area contributed by atoms with Crippen molar-refractivity contribution in [2.45, 2.75) is 106 Å². The van der Waals surface area contributed by atoms with Gasteiger partial charge in [0.25, 0.3) is 12.3 Å². The van der Waals surface area contributed by atoms with E-state index in [4.69, 9.17) is 16.5 Å². The van der Waals surface area contributed by atoms with Crippen molar-refractivity contribution < 1.29 is 118 Å². The van der Waals surface area contributed by atoms with E-state index < -0.39 is 164 Å². The molecule has 14 atom stereocenters. The van der Waals surface area contributed by atoms with Crippen molar-refractivity contribution in [2.75, 3.05) is 26.2 Å². The number of carbonyl (C=O) groups excluding carboxylic acids is 6. The maximum atomic E-state index is 14.3. The number of carbonyl (C=O) groups is 6. The average Bonchev–Trinajstić information content (AvgIpc) is 3.77. The summed E-state index contributed by atoms with van der Waals surface area (Å²) in [6.07, 6.45) is -13.9. The van der Waals surface area contributed by atoms with Crippen LogP contribution in [0, 0.1) is 12.5 Å². The molecule has 0 bridgehead atoms. The minimum atomic E-state index is -2.44. The maximum absolute atomic E-state index is 14.3. The molecule has 0 spiro atoms. The molecule has 0 saturated carbocycles. The van der Waals surface area contributed by atoms with Gasteiger partial charge in [-0.25, -0.2) is 6.57 Å². The summed E-state index contributed by atoms with van der Waals surface area (Å²) in [5.41, 5.74) is 5.67. The number of phenolic OH excluding ortho intramolecular Hbond substituents is 1. The Balaban J connectivity index is 0.0000106. The number of fused-ring (bicyclic) bond motifs is 2. The van der Waals surface area contributed by atoms with E-state index in [1.54, 1.807) is 0 Å². The van der Waals surface area contributed by atoms with E-state index in [-0.39, 0.29) is 54.0 Å². The standard InChI is InChI=1S/C35H50N8O18S.Na/c1-13-11-43-26(27(13)49)33(55)38-9-16(45)7-18(36)30(52)39-23(14(2)44)34(56)42-12-17(46)8-19(42)31(53)41-25(32(54)40-24(35(43)57)21(48)10-37-3)29(51)28(50)15-4-5-20(47)22(6-15)59-62-61-60-58;/h4-6,13-14,16-19,21,23-29,44-51,58H,7-12,36H2,1-2H3,(H,38,55)(H,39,52)(H,40,54)(H,41,53);/q;+1/p-1/t13?,14?,16-,17?,18-,19?,21+,23?,24-,25?,26?,27-,28-,29-;/m0./s1. The Morgan fingerprint density at radius 3 is 2.17 bits per heavy atom. The average molecular weight is 925 g/mol. The van der Waals surface area contributed by atoms with Gasteiger partial charge in [-0.2, -0.15) is 0 Å². The third kappa shape index (κ3) is 13.1. The van der Waals surface area contributed by atoms with Crippen LogP contribution in [0.1, 0.15) is 38.4 Å². The molecule has 6 amide bonds. The van der Waals surface area contributed by atoms with Gasteiger partial charge in [0.2, 0.25) is 42.0 Å². The van der Waals surface area contributed by atoms with Crippen LogP contribution in [-0.4, -0.2) is 185 Å². The van der Waals surface area contributed by atoms with Crippen LogP contribution in [0.5, 0.6) is 11.5 Å². The van der Waals surface area contributed by atoms with Gasteiger partial charge in [0.15, 0.2) is 17.6 Å². The number of phenols is 1. The van der Waals surface area contributed by atoms with Crippen molar-refractivity contribution in [1.82, 2.24) is 31.1 Å². The van der Waals surface area contributed by atoms with Crippen molar-refractivity contribution >= 4 is 47.8 Å². The van der Waals surface area contributed by atoms with Crippen molar-refractivity contribution in [2.24, 2.45) is 11.7 Å². The molecule has 1 aromatic rings. The SMILES string of the molecule is [C-]#[N+]C[C@@H](O)[C@@H]1NC(=O)C([C@H](O)[C@@H](O)c2ccc(O)c(OSOO[O-])c2)NC(=O)C2CC(O)CN2C(=O)C(C(C)O)NC(=O)[C@@H](N)C[C@H](O)CNC(=O)C2[C@@H](O)C(C)CN2C1=O.[Na+]. The van der Waals surface area contributed by atoms with Crippen LogP contribution in [0.25, 0.3) is 4.85 Å². The topological polar surface area (TPSA) is 400 Å². The van der Waals surface area contributed by atoms with Crippen LogP contribution in [0.2, 0.25) is 0 Å². The van der Waals surface area contributed by atoms with Gasteiger partial charge in [-0.05, 0) is 31.0 Å². The molecule has 26 nitrogen and oxygen atoms in total. The van der Waals surface area contributed by atoms with E-state index >= 15 is 0 Å². The fraction of sp³-hybridized carbons (Fsp3) is 0.629. The second-order valence-electron chi connectivity index (χ2n) is 15.1. The maximum Gasteiger partial charge on any atom is 1.00 e. The molecular weight excluding hydrogens is 875 g/mol.